The molecule has 1 aromatic heterocycles. The largest absolute Gasteiger partial charge is 0.434 e. The van der Waals surface area contributed by atoms with Crippen LogP contribution in [0.5, 0.6) is 0 Å². The molecule has 0 aliphatic carbocycles. The van der Waals surface area contributed by atoms with Gasteiger partial charge in [-0.25, -0.2) is 18.0 Å². The summed E-state index contributed by atoms with van der Waals surface area (Å²) in [5.74, 6) is -5.14. The lowest BCUT2D eigenvalue weighted by molar-refractivity contribution is -0.141. The van der Waals surface area contributed by atoms with Crippen LogP contribution in [0.4, 0.5) is 33.5 Å². The van der Waals surface area contributed by atoms with Crippen LogP contribution < -0.4 is 16.0 Å². The number of benzene rings is 1. The zero-order chi connectivity index (χ0) is 29.9. The summed E-state index contributed by atoms with van der Waals surface area (Å²) in [6.07, 6.45) is -5.14. The molecule has 3 N–H and O–H groups in total. The highest BCUT2D eigenvalue weighted by atomic mass is 32.2. The molecule has 2 heterocycles. The molecule has 0 spiro atoms. The number of anilines is 2. The van der Waals surface area contributed by atoms with E-state index in [4.69, 9.17) is 5.73 Å². The molecule has 40 heavy (non-hydrogen) atoms. The quantitative estimate of drug-likeness (QED) is 0.475. The number of hydrogen-bond donors (Lipinski definition) is 2. The Morgan fingerprint density at radius 3 is 2.60 bits per heavy atom. The van der Waals surface area contributed by atoms with Crippen LogP contribution in [0.3, 0.4) is 0 Å². The molecule has 15 heteroatoms. The Labute approximate surface area is 227 Å². The van der Waals surface area contributed by atoms with Crippen molar-refractivity contribution < 1.29 is 35.8 Å². The summed E-state index contributed by atoms with van der Waals surface area (Å²) in [4.78, 5) is 30.3. The van der Waals surface area contributed by atoms with Gasteiger partial charge < -0.3 is 16.0 Å². The third-order valence-electron chi connectivity index (χ3n) is 6.22. The van der Waals surface area contributed by atoms with Crippen LogP contribution in [0, 0.1) is 18.3 Å². The highest BCUT2D eigenvalue weighted by molar-refractivity contribution is 7.93. The number of nitrogens with zero attached hydrogens (tertiary/aromatic N) is 4. The average molecular weight is 587 g/mol. The number of amides is 2. The lowest BCUT2D eigenvalue weighted by Gasteiger charge is -2.27. The van der Waals surface area contributed by atoms with Crippen molar-refractivity contribution in [1.82, 2.24) is 4.98 Å². The number of nitrogens with one attached hydrogen (secondary N) is 1. The summed E-state index contributed by atoms with van der Waals surface area (Å²) < 4.78 is 86.2. The van der Waals surface area contributed by atoms with E-state index in [1.807, 2.05) is 0 Å². The van der Waals surface area contributed by atoms with E-state index in [1.54, 1.807) is 0 Å². The van der Waals surface area contributed by atoms with Crippen LogP contribution >= 0.6 is 0 Å². The van der Waals surface area contributed by atoms with Crippen molar-refractivity contribution in [3.05, 3.63) is 46.6 Å². The van der Waals surface area contributed by atoms with Gasteiger partial charge in [-0.15, -0.1) is 0 Å². The fourth-order valence-electron chi connectivity index (χ4n) is 4.23. The van der Waals surface area contributed by atoms with E-state index in [-0.39, 0.29) is 54.2 Å². The molecule has 0 bridgehead atoms. The third-order valence-corrected chi connectivity index (χ3v) is 7.90. The number of carbonyl (C=O) groups is 2. The molecule has 1 saturated heterocycles. The summed E-state index contributed by atoms with van der Waals surface area (Å²) in [5, 5.41) is 12.0. The summed E-state index contributed by atoms with van der Waals surface area (Å²) in [7, 11) is -3.23. The summed E-state index contributed by atoms with van der Waals surface area (Å²) in [6.45, 7) is 0.708. The molecule has 9 nitrogen and oxygen atoms in total. The van der Waals surface area contributed by atoms with Gasteiger partial charge in [0.1, 0.15) is 11.9 Å². The van der Waals surface area contributed by atoms with Crippen LogP contribution in [-0.2, 0) is 20.7 Å². The number of aromatic nitrogens is 1. The molecular weight excluding hydrogens is 559 g/mol. The third kappa shape index (κ3) is 7.11. The van der Waals surface area contributed by atoms with Crippen molar-refractivity contribution in [2.75, 3.05) is 36.1 Å². The van der Waals surface area contributed by atoms with Gasteiger partial charge in [0, 0.05) is 55.7 Å². The van der Waals surface area contributed by atoms with Gasteiger partial charge in [-0.2, -0.15) is 22.8 Å². The molecular formula is C25H27F5N6O3S. The van der Waals surface area contributed by atoms with Gasteiger partial charge >= 0.3 is 6.18 Å². The molecule has 1 fully saturated rings. The van der Waals surface area contributed by atoms with Crippen LogP contribution in [0.1, 0.15) is 52.9 Å². The minimum Gasteiger partial charge on any atom is -0.356 e. The molecule has 216 valence electrons. The van der Waals surface area contributed by atoms with E-state index in [0.717, 1.165) is 6.92 Å². The van der Waals surface area contributed by atoms with Crippen molar-refractivity contribution in [3.8, 4) is 6.07 Å². The van der Waals surface area contributed by atoms with E-state index in [0.29, 0.717) is 0 Å². The zero-order valence-corrected chi connectivity index (χ0v) is 22.5. The van der Waals surface area contributed by atoms with Gasteiger partial charge in [-0.05, 0) is 37.1 Å². The predicted molar refractivity (Wildman–Crippen MR) is 138 cm³/mol. The van der Waals surface area contributed by atoms with Crippen LogP contribution in [-0.4, -0.2) is 52.8 Å². The van der Waals surface area contributed by atoms with Crippen molar-refractivity contribution in [2.45, 2.75) is 49.6 Å². The van der Waals surface area contributed by atoms with Gasteiger partial charge in [0.2, 0.25) is 5.92 Å². The lowest BCUT2D eigenvalue weighted by atomic mass is 10.00. The monoisotopic (exact) mass is 586 g/mol. The second kappa shape index (κ2) is 11.8. The van der Waals surface area contributed by atoms with E-state index in [1.165, 1.54) is 41.5 Å². The summed E-state index contributed by atoms with van der Waals surface area (Å²) in [6, 6.07) is 6.98. The maximum Gasteiger partial charge on any atom is 0.434 e. The lowest BCUT2D eigenvalue weighted by Crippen LogP contribution is -2.31. The fourth-order valence-corrected chi connectivity index (χ4v) is 5.49. The Balaban J connectivity index is 2.10. The molecule has 1 aliphatic heterocycles. The van der Waals surface area contributed by atoms with E-state index < -0.39 is 63.6 Å². The number of rotatable bonds is 6. The Morgan fingerprint density at radius 2 is 1.98 bits per heavy atom. The summed E-state index contributed by atoms with van der Waals surface area (Å²) >= 11 is 0. The van der Waals surface area contributed by atoms with Crippen molar-refractivity contribution in [3.63, 3.8) is 0 Å². The van der Waals surface area contributed by atoms with Gasteiger partial charge in [0.15, 0.2) is 5.69 Å². The Morgan fingerprint density at radius 1 is 1.27 bits per heavy atom. The topological polar surface area (TPSA) is 142 Å². The van der Waals surface area contributed by atoms with Gasteiger partial charge in [-0.3, -0.25) is 9.59 Å². The first-order valence-electron chi connectivity index (χ1n) is 12.1. The molecule has 0 radical (unpaired) electrons. The highest BCUT2D eigenvalue weighted by Crippen LogP contribution is 2.38. The minimum atomic E-state index is -5.05. The molecule has 0 saturated carbocycles. The maximum absolute atomic E-state index is 14.0. The predicted octanol–water partition coefficient (Wildman–Crippen LogP) is 4.49. The first kappa shape index (κ1) is 30.9. The second-order valence-electron chi connectivity index (χ2n) is 9.27. The molecule has 1 atom stereocenters. The molecule has 3 rings (SSSR count). The van der Waals surface area contributed by atoms with Crippen LogP contribution in [0.2, 0.25) is 0 Å². The van der Waals surface area contributed by atoms with Crippen molar-refractivity contribution in [1.29, 1.82) is 5.26 Å². The molecule has 1 unspecified atom stereocenters. The number of halogens is 5. The molecule has 1 aliphatic rings. The summed E-state index contributed by atoms with van der Waals surface area (Å²) in [5.41, 5.74) is 2.28. The van der Waals surface area contributed by atoms with Gasteiger partial charge in [-0.1, -0.05) is 6.07 Å². The maximum atomic E-state index is 14.0. The van der Waals surface area contributed by atoms with E-state index in [9.17, 15) is 41.0 Å². The minimum absolute atomic E-state index is 0.0101. The number of nitriles is 1. The number of hydrogen-bond acceptors (Lipinski definition) is 7. The highest BCUT2D eigenvalue weighted by Gasteiger charge is 2.40. The SMILES string of the molecule is Cc1c(C#N)c(C(F)(F)F)nc(N2CCCC(F)(F)CC2)c1C(=O)Nc1cccc(S(C)(=O)=NC(=O)CCN)c1. The van der Waals surface area contributed by atoms with E-state index >= 15 is 0 Å². The zero-order valence-electron chi connectivity index (χ0n) is 21.6. The molecule has 1 aromatic carbocycles. The standard InChI is InChI=1S/C25H27F5N6O3S/c1-15-18(14-32)21(25(28,29)30)34-22(36-11-4-8-24(26,27)9-12-36)20(15)23(38)33-16-5-3-6-17(13-16)40(2,39)35-19(37)7-10-31/h3,5-6,13H,4,7-12,31H2,1-2H3,(H,33,38). The number of pyridine rings is 1. The average Bonchev–Trinajstić information content (AvgIpc) is 3.03. The number of nitrogens with two attached hydrogens (primary N) is 1. The Kier molecular flexibility index (Phi) is 9.15. The van der Waals surface area contributed by atoms with Gasteiger partial charge in [0.25, 0.3) is 11.8 Å². The normalized spacial score (nSPS) is 16.8. The second-order valence-corrected chi connectivity index (χ2v) is 11.5. The van der Waals surface area contributed by atoms with Crippen molar-refractivity contribution in [2.24, 2.45) is 10.1 Å². The smallest absolute Gasteiger partial charge is 0.356 e. The first-order chi connectivity index (χ1) is 18.6. The van der Waals surface area contributed by atoms with Crippen molar-refractivity contribution >= 4 is 33.0 Å². The Bertz CT molecular complexity index is 1480. The van der Waals surface area contributed by atoms with Crippen LogP contribution in [0.15, 0.2) is 33.5 Å². The number of carbonyl (C=O) groups excluding carboxylic acids is 2. The molecule has 2 amide bonds. The van der Waals surface area contributed by atoms with Crippen LogP contribution in [0.25, 0.3) is 0 Å². The molecule has 2 aromatic rings. The van der Waals surface area contributed by atoms with Gasteiger partial charge in [0.05, 0.1) is 20.9 Å². The first-order valence-corrected chi connectivity index (χ1v) is 14.0. The van der Waals surface area contributed by atoms with E-state index in [2.05, 4.69) is 14.7 Å². The fraction of sp³-hybridized carbons (Fsp3) is 0.440. The number of alkyl halides is 5. The Hall–Kier alpha value is -3.64.